The minimum Gasteiger partial charge on any atom is -0.455 e. The Kier molecular flexibility index (Phi) is 6.37. The smallest absolute Gasteiger partial charge is 0.433 e. The van der Waals surface area contributed by atoms with Crippen LogP contribution in [-0.2, 0) is 15.7 Å². The second-order valence-electron chi connectivity index (χ2n) is 7.23. The van der Waals surface area contributed by atoms with Crippen LogP contribution in [0.4, 0.5) is 13.2 Å². The fraction of sp³-hybridized carbons (Fsp3) is 0.421. The van der Waals surface area contributed by atoms with E-state index in [1.54, 1.807) is 39.8 Å². The molecule has 0 unspecified atom stereocenters. The van der Waals surface area contributed by atoms with Gasteiger partial charge >= 0.3 is 12.1 Å². The van der Waals surface area contributed by atoms with E-state index >= 15 is 0 Å². The zero-order valence-corrected chi connectivity index (χ0v) is 17.5. The molecule has 2 N–H and O–H groups in total. The van der Waals surface area contributed by atoms with E-state index < -0.39 is 35.1 Å². The van der Waals surface area contributed by atoms with Crippen LogP contribution in [0.3, 0.4) is 0 Å². The van der Waals surface area contributed by atoms with Gasteiger partial charge in [-0.25, -0.2) is 9.78 Å². The fourth-order valence-electron chi connectivity index (χ4n) is 2.59. The number of halogens is 4. The quantitative estimate of drug-likeness (QED) is 0.443. The summed E-state index contributed by atoms with van der Waals surface area (Å²) in [5.41, 5.74) is -2.27. The van der Waals surface area contributed by atoms with E-state index in [0.29, 0.717) is 0 Å². The predicted molar refractivity (Wildman–Crippen MR) is 103 cm³/mol. The van der Waals surface area contributed by atoms with E-state index in [1.165, 1.54) is 12.1 Å². The first-order valence-electron chi connectivity index (χ1n) is 8.58. The molecule has 0 saturated heterocycles. The van der Waals surface area contributed by atoms with Crippen molar-refractivity contribution in [2.75, 3.05) is 0 Å². The molecular formula is C19H21BrF3N3O2. The third-order valence-electron chi connectivity index (χ3n) is 3.83. The molecule has 0 bridgehead atoms. The summed E-state index contributed by atoms with van der Waals surface area (Å²) in [5, 5.41) is 8.12. The SMILES string of the molecule is CC[C@@H](C(=N)C(=O)OC(C)(C)C)c1nc(-c2ccc(Br)cc2)c(C(F)(F)F)[nH]1. The summed E-state index contributed by atoms with van der Waals surface area (Å²) in [6.07, 6.45) is -4.46. The van der Waals surface area contributed by atoms with E-state index in [4.69, 9.17) is 10.1 Å². The summed E-state index contributed by atoms with van der Waals surface area (Å²) < 4.78 is 46.5. The summed E-state index contributed by atoms with van der Waals surface area (Å²) >= 11 is 3.24. The van der Waals surface area contributed by atoms with Gasteiger partial charge in [0.25, 0.3) is 0 Å². The van der Waals surface area contributed by atoms with Crippen LogP contribution in [0, 0.1) is 5.41 Å². The Morgan fingerprint density at radius 2 is 1.82 bits per heavy atom. The molecule has 1 atom stereocenters. The van der Waals surface area contributed by atoms with Crippen molar-refractivity contribution in [1.82, 2.24) is 9.97 Å². The second kappa shape index (κ2) is 8.06. The number of carbonyl (C=O) groups excluding carboxylic acids is 1. The molecule has 2 aromatic rings. The van der Waals surface area contributed by atoms with Crippen molar-refractivity contribution in [3.63, 3.8) is 0 Å². The Morgan fingerprint density at radius 1 is 1.25 bits per heavy atom. The lowest BCUT2D eigenvalue weighted by molar-refractivity contribution is -0.146. The maximum absolute atomic E-state index is 13.6. The van der Waals surface area contributed by atoms with Crippen molar-refractivity contribution in [2.24, 2.45) is 0 Å². The van der Waals surface area contributed by atoms with Crippen molar-refractivity contribution in [3.8, 4) is 11.3 Å². The van der Waals surface area contributed by atoms with Gasteiger partial charge in [0.15, 0.2) is 0 Å². The predicted octanol–water partition coefficient (Wildman–Crippen LogP) is 5.71. The second-order valence-corrected chi connectivity index (χ2v) is 8.14. The van der Waals surface area contributed by atoms with E-state index in [1.807, 2.05) is 0 Å². The Bertz CT molecular complexity index is 868. The molecule has 1 aromatic carbocycles. The number of esters is 1. The number of carbonyl (C=O) groups is 1. The summed E-state index contributed by atoms with van der Waals surface area (Å²) in [6.45, 7) is 6.62. The van der Waals surface area contributed by atoms with E-state index in [-0.39, 0.29) is 23.5 Å². The first-order chi connectivity index (χ1) is 12.8. The van der Waals surface area contributed by atoms with Gasteiger partial charge in [-0.3, -0.25) is 5.41 Å². The molecule has 28 heavy (non-hydrogen) atoms. The average molecular weight is 460 g/mol. The number of aromatic nitrogens is 2. The van der Waals surface area contributed by atoms with Gasteiger partial charge in [-0.1, -0.05) is 35.0 Å². The third-order valence-corrected chi connectivity index (χ3v) is 4.36. The molecule has 0 aliphatic heterocycles. The van der Waals surface area contributed by atoms with Gasteiger partial charge in [0.2, 0.25) is 0 Å². The normalized spacial score (nSPS) is 13.3. The summed E-state index contributed by atoms with van der Waals surface area (Å²) in [6, 6.07) is 6.26. The van der Waals surface area contributed by atoms with Gasteiger partial charge in [-0.05, 0) is 39.3 Å². The molecule has 1 heterocycles. The fourth-order valence-corrected chi connectivity index (χ4v) is 2.85. The van der Waals surface area contributed by atoms with Crippen LogP contribution in [-0.4, -0.2) is 27.2 Å². The summed E-state index contributed by atoms with van der Waals surface area (Å²) in [7, 11) is 0. The lowest BCUT2D eigenvalue weighted by Crippen LogP contribution is -2.31. The van der Waals surface area contributed by atoms with Gasteiger partial charge in [-0.15, -0.1) is 0 Å². The molecule has 2 rings (SSSR count). The number of benzene rings is 1. The monoisotopic (exact) mass is 459 g/mol. The molecule has 0 aliphatic rings. The molecule has 5 nitrogen and oxygen atoms in total. The van der Waals surface area contributed by atoms with Crippen LogP contribution in [0.1, 0.15) is 51.6 Å². The lowest BCUT2D eigenvalue weighted by atomic mass is 9.99. The number of aromatic amines is 1. The Hall–Kier alpha value is -2.16. The van der Waals surface area contributed by atoms with Crippen molar-refractivity contribution in [2.45, 2.75) is 51.8 Å². The topological polar surface area (TPSA) is 78.8 Å². The molecule has 0 amide bonds. The Morgan fingerprint density at radius 3 is 2.29 bits per heavy atom. The van der Waals surface area contributed by atoms with Crippen LogP contribution in [0.5, 0.6) is 0 Å². The van der Waals surface area contributed by atoms with Gasteiger partial charge in [0.05, 0.1) is 5.92 Å². The van der Waals surface area contributed by atoms with Gasteiger partial charge in [0.1, 0.15) is 28.5 Å². The summed E-state index contributed by atoms with van der Waals surface area (Å²) in [5.74, 6) is -1.92. The highest BCUT2D eigenvalue weighted by molar-refractivity contribution is 9.10. The third kappa shape index (κ3) is 5.21. The maximum Gasteiger partial charge on any atom is 0.433 e. The number of alkyl halides is 3. The van der Waals surface area contributed by atoms with Crippen molar-refractivity contribution < 1.29 is 22.7 Å². The Balaban J connectivity index is 2.48. The maximum atomic E-state index is 13.6. The van der Waals surface area contributed by atoms with Crippen LogP contribution in [0.2, 0.25) is 0 Å². The molecule has 0 spiro atoms. The zero-order valence-electron chi connectivity index (χ0n) is 15.9. The van der Waals surface area contributed by atoms with Crippen molar-refractivity contribution >= 4 is 27.6 Å². The minimum atomic E-state index is -4.67. The first-order valence-corrected chi connectivity index (χ1v) is 9.37. The van der Waals surface area contributed by atoms with Crippen molar-refractivity contribution in [1.29, 1.82) is 5.41 Å². The van der Waals surface area contributed by atoms with Crippen LogP contribution >= 0.6 is 15.9 Å². The van der Waals surface area contributed by atoms with Crippen molar-refractivity contribution in [3.05, 3.63) is 40.3 Å². The number of imidazole rings is 1. The highest BCUT2D eigenvalue weighted by atomic mass is 79.9. The highest BCUT2D eigenvalue weighted by Gasteiger charge is 2.39. The molecule has 1 aromatic heterocycles. The lowest BCUT2D eigenvalue weighted by Gasteiger charge is -2.21. The molecule has 0 fully saturated rings. The van der Waals surface area contributed by atoms with Gasteiger partial charge in [-0.2, -0.15) is 13.2 Å². The molecule has 0 aliphatic carbocycles. The number of rotatable bonds is 5. The van der Waals surface area contributed by atoms with Crippen LogP contribution < -0.4 is 0 Å². The van der Waals surface area contributed by atoms with Crippen LogP contribution in [0.25, 0.3) is 11.3 Å². The zero-order chi connectivity index (χ0) is 21.3. The number of hydrogen-bond acceptors (Lipinski definition) is 4. The molecular weight excluding hydrogens is 439 g/mol. The Labute approximate surface area is 169 Å². The first kappa shape index (κ1) is 22.1. The van der Waals surface area contributed by atoms with E-state index in [0.717, 1.165) is 4.47 Å². The number of H-pyrrole nitrogens is 1. The van der Waals surface area contributed by atoms with Crippen LogP contribution in [0.15, 0.2) is 28.7 Å². The standard InChI is InChI=1S/C19H21BrF3N3O2/c1-5-12(13(24)17(27)28-18(2,3)4)16-25-14(15(26-16)19(21,22)23)10-6-8-11(20)9-7-10/h6-9,12,24H,5H2,1-4H3,(H,25,26)/t12-/m0/s1. The molecule has 152 valence electrons. The molecule has 0 saturated carbocycles. The van der Waals surface area contributed by atoms with Gasteiger partial charge in [0, 0.05) is 10.0 Å². The largest absolute Gasteiger partial charge is 0.455 e. The highest BCUT2D eigenvalue weighted by Crippen LogP contribution is 2.37. The molecule has 0 radical (unpaired) electrons. The summed E-state index contributed by atoms with van der Waals surface area (Å²) in [4.78, 5) is 18.6. The minimum absolute atomic E-state index is 0.0939. The molecule has 9 heteroatoms. The number of ether oxygens (including phenoxy) is 1. The van der Waals surface area contributed by atoms with Gasteiger partial charge < -0.3 is 9.72 Å². The van der Waals surface area contributed by atoms with E-state index in [2.05, 4.69) is 25.9 Å². The number of nitrogens with zero attached hydrogens (tertiary/aromatic N) is 1. The number of nitrogens with one attached hydrogen (secondary N) is 2. The average Bonchev–Trinajstić information content (AvgIpc) is 3.00. The number of hydrogen-bond donors (Lipinski definition) is 2. The van der Waals surface area contributed by atoms with E-state index in [9.17, 15) is 18.0 Å².